The van der Waals surface area contributed by atoms with E-state index in [4.69, 9.17) is 0 Å². The van der Waals surface area contributed by atoms with Crippen molar-refractivity contribution in [3.05, 3.63) is 65.2 Å². The lowest BCUT2D eigenvalue weighted by molar-refractivity contribution is -0.127. The fourth-order valence-corrected chi connectivity index (χ4v) is 2.53. The molecule has 1 aliphatic rings. The molecule has 4 nitrogen and oxygen atoms in total. The quantitative estimate of drug-likeness (QED) is 0.682. The second-order valence-electron chi connectivity index (χ2n) is 5.25. The summed E-state index contributed by atoms with van der Waals surface area (Å²) in [6.45, 7) is 0.400. The van der Waals surface area contributed by atoms with Gasteiger partial charge in [-0.15, -0.1) is 0 Å². The van der Waals surface area contributed by atoms with Crippen molar-refractivity contribution in [2.24, 2.45) is 0 Å². The summed E-state index contributed by atoms with van der Waals surface area (Å²) in [4.78, 5) is 25.8. The van der Waals surface area contributed by atoms with Crippen molar-refractivity contribution in [3.63, 3.8) is 0 Å². The topological polar surface area (TPSA) is 49.4 Å². The van der Waals surface area contributed by atoms with Gasteiger partial charge in [-0.25, -0.2) is 0 Å². The Hall–Kier alpha value is -3.06. The van der Waals surface area contributed by atoms with Gasteiger partial charge in [-0.2, -0.15) is 0 Å². The van der Waals surface area contributed by atoms with Gasteiger partial charge in [0.05, 0.1) is 12.2 Å². The minimum atomic E-state index is -0.297. The van der Waals surface area contributed by atoms with E-state index in [1.54, 1.807) is 4.90 Å². The second kappa shape index (κ2) is 6.37. The molecule has 114 valence electrons. The summed E-state index contributed by atoms with van der Waals surface area (Å²) < 4.78 is 0. The van der Waals surface area contributed by atoms with E-state index in [0.29, 0.717) is 6.54 Å². The first-order valence-corrected chi connectivity index (χ1v) is 7.39. The van der Waals surface area contributed by atoms with Crippen molar-refractivity contribution in [2.75, 3.05) is 11.9 Å². The highest BCUT2D eigenvalue weighted by Gasteiger charge is 2.22. The van der Waals surface area contributed by atoms with Gasteiger partial charge in [0.15, 0.2) is 0 Å². The average Bonchev–Trinajstić information content (AvgIpc) is 2.56. The highest BCUT2D eigenvalue weighted by molar-refractivity contribution is 6.05. The van der Waals surface area contributed by atoms with Gasteiger partial charge in [0.25, 0.3) is 0 Å². The molecule has 0 atom stereocenters. The minimum Gasteiger partial charge on any atom is -0.359 e. The first kappa shape index (κ1) is 14.9. The number of amides is 2. The van der Waals surface area contributed by atoms with E-state index in [1.807, 2.05) is 48.5 Å². The Bertz CT molecular complexity index is 831. The Balaban J connectivity index is 2.07. The number of fused-ring (bicyclic) bond motifs is 2. The Morgan fingerprint density at radius 1 is 1.04 bits per heavy atom. The zero-order chi connectivity index (χ0) is 16.2. The molecule has 0 unspecified atom stereocenters. The summed E-state index contributed by atoms with van der Waals surface area (Å²) in [5, 5.41) is 2.49. The normalized spacial score (nSPS) is 12.0. The van der Waals surface area contributed by atoms with Crippen LogP contribution in [0, 0.1) is 11.8 Å². The lowest BCUT2D eigenvalue weighted by Crippen LogP contribution is -2.35. The van der Waals surface area contributed by atoms with Crippen molar-refractivity contribution in [1.82, 2.24) is 5.32 Å². The molecule has 0 saturated carbocycles. The molecular formula is C19H16N2O2. The number of hydrogen-bond donors (Lipinski definition) is 1. The van der Waals surface area contributed by atoms with E-state index in [0.717, 1.165) is 22.4 Å². The molecule has 1 aliphatic heterocycles. The Morgan fingerprint density at radius 2 is 1.70 bits per heavy atom. The molecule has 0 spiro atoms. The standard InChI is InChI=1S/C19H16N2O2/c1-20-18(22)12-19(23)21-13-16-8-3-2-6-14(16)10-11-15-7-4-5-9-17(15)21/h2-9H,12-13H2,1H3,(H,20,22). The van der Waals surface area contributed by atoms with E-state index in [-0.39, 0.29) is 18.2 Å². The molecule has 0 aliphatic carbocycles. The zero-order valence-corrected chi connectivity index (χ0v) is 12.8. The van der Waals surface area contributed by atoms with E-state index in [2.05, 4.69) is 17.2 Å². The predicted molar refractivity (Wildman–Crippen MR) is 88.7 cm³/mol. The third kappa shape index (κ3) is 3.09. The van der Waals surface area contributed by atoms with Gasteiger partial charge in [-0.3, -0.25) is 9.59 Å². The lowest BCUT2D eigenvalue weighted by atomic mass is 10.0. The maximum atomic E-state index is 12.6. The molecule has 1 N–H and O–H groups in total. The van der Waals surface area contributed by atoms with Crippen molar-refractivity contribution in [3.8, 4) is 11.8 Å². The largest absolute Gasteiger partial charge is 0.359 e. The third-order valence-electron chi connectivity index (χ3n) is 3.76. The number of para-hydroxylation sites is 1. The van der Waals surface area contributed by atoms with Crippen molar-refractivity contribution in [1.29, 1.82) is 0 Å². The fraction of sp³-hybridized carbons (Fsp3) is 0.158. The van der Waals surface area contributed by atoms with Crippen LogP contribution in [0.15, 0.2) is 48.5 Å². The van der Waals surface area contributed by atoms with Crippen molar-refractivity contribution in [2.45, 2.75) is 13.0 Å². The number of hydrogen-bond acceptors (Lipinski definition) is 2. The first-order chi connectivity index (χ1) is 11.2. The summed E-state index contributed by atoms with van der Waals surface area (Å²) in [5.74, 6) is 5.76. The molecule has 0 aromatic heterocycles. The molecule has 0 bridgehead atoms. The van der Waals surface area contributed by atoms with Crippen LogP contribution in [-0.2, 0) is 16.1 Å². The van der Waals surface area contributed by atoms with E-state index >= 15 is 0 Å². The number of nitrogens with one attached hydrogen (secondary N) is 1. The predicted octanol–water partition coefficient (Wildman–Crippen LogP) is 2.07. The van der Waals surface area contributed by atoms with Gasteiger partial charge in [-0.1, -0.05) is 42.2 Å². The fourth-order valence-electron chi connectivity index (χ4n) is 2.53. The van der Waals surface area contributed by atoms with Crippen molar-refractivity contribution >= 4 is 17.5 Å². The van der Waals surface area contributed by atoms with Crippen LogP contribution in [0.2, 0.25) is 0 Å². The average molecular weight is 304 g/mol. The molecule has 3 rings (SSSR count). The molecular weight excluding hydrogens is 288 g/mol. The Morgan fingerprint density at radius 3 is 2.48 bits per heavy atom. The number of carbonyl (C=O) groups excluding carboxylic acids is 2. The number of rotatable bonds is 2. The van der Waals surface area contributed by atoms with Gasteiger partial charge in [0.2, 0.25) is 11.8 Å². The van der Waals surface area contributed by atoms with Gasteiger partial charge in [0, 0.05) is 18.2 Å². The Kier molecular flexibility index (Phi) is 4.11. The van der Waals surface area contributed by atoms with E-state index in [1.165, 1.54) is 7.05 Å². The molecule has 0 saturated heterocycles. The van der Waals surface area contributed by atoms with Gasteiger partial charge in [-0.05, 0) is 23.8 Å². The smallest absolute Gasteiger partial charge is 0.236 e. The van der Waals surface area contributed by atoms with Crippen LogP contribution < -0.4 is 10.2 Å². The SMILES string of the molecule is CNC(=O)CC(=O)N1Cc2ccccc2C#Cc2ccccc21. The van der Waals surface area contributed by atoms with Crippen LogP contribution >= 0.6 is 0 Å². The highest BCUT2D eigenvalue weighted by Crippen LogP contribution is 2.25. The van der Waals surface area contributed by atoms with Gasteiger partial charge in [0.1, 0.15) is 6.42 Å². The van der Waals surface area contributed by atoms with E-state index in [9.17, 15) is 9.59 Å². The zero-order valence-electron chi connectivity index (χ0n) is 12.8. The number of nitrogens with zero attached hydrogens (tertiary/aromatic N) is 1. The summed E-state index contributed by atoms with van der Waals surface area (Å²) in [6.07, 6.45) is -0.180. The van der Waals surface area contributed by atoms with Crippen LogP contribution in [0.1, 0.15) is 23.1 Å². The van der Waals surface area contributed by atoms with Crippen LogP contribution in [0.25, 0.3) is 0 Å². The van der Waals surface area contributed by atoms with Crippen LogP contribution in [0.4, 0.5) is 5.69 Å². The third-order valence-corrected chi connectivity index (χ3v) is 3.76. The molecule has 2 aromatic carbocycles. The summed E-state index contributed by atoms with van der Waals surface area (Å²) >= 11 is 0. The Labute approximate surface area is 135 Å². The lowest BCUT2D eigenvalue weighted by Gasteiger charge is -2.25. The highest BCUT2D eigenvalue weighted by atomic mass is 16.2. The molecule has 23 heavy (non-hydrogen) atoms. The maximum Gasteiger partial charge on any atom is 0.236 e. The molecule has 2 amide bonds. The monoisotopic (exact) mass is 304 g/mol. The second-order valence-corrected chi connectivity index (χ2v) is 5.25. The summed E-state index contributed by atoms with van der Waals surface area (Å²) in [5.41, 5.74) is 3.40. The van der Waals surface area contributed by atoms with E-state index < -0.39 is 0 Å². The molecule has 0 fully saturated rings. The molecule has 2 aromatic rings. The first-order valence-electron chi connectivity index (χ1n) is 7.39. The number of benzene rings is 2. The number of carbonyl (C=O) groups is 2. The summed E-state index contributed by atoms with van der Waals surface area (Å²) in [7, 11) is 1.53. The number of anilines is 1. The molecule has 1 heterocycles. The maximum absolute atomic E-state index is 12.6. The molecule has 0 radical (unpaired) electrons. The molecule has 4 heteroatoms. The van der Waals surface area contributed by atoms with Gasteiger partial charge < -0.3 is 10.2 Å². The van der Waals surface area contributed by atoms with Crippen molar-refractivity contribution < 1.29 is 9.59 Å². The van der Waals surface area contributed by atoms with Crippen LogP contribution in [0.5, 0.6) is 0 Å². The van der Waals surface area contributed by atoms with Crippen LogP contribution in [-0.4, -0.2) is 18.9 Å². The van der Waals surface area contributed by atoms with Crippen LogP contribution in [0.3, 0.4) is 0 Å². The minimum absolute atomic E-state index is 0.180. The summed E-state index contributed by atoms with van der Waals surface area (Å²) in [6, 6.07) is 15.3. The van der Waals surface area contributed by atoms with Gasteiger partial charge >= 0.3 is 0 Å².